The van der Waals surface area contributed by atoms with E-state index in [1.807, 2.05) is 36.4 Å². The molecule has 0 spiro atoms. The first kappa shape index (κ1) is 15.7. The first-order chi connectivity index (χ1) is 11.2. The van der Waals surface area contributed by atoms with E-state index in [1.54, 1.807) is 4.90 Å². The number of anilines is 1. The summed E-state index contributed by atoms with van der Waals surface area (Å²) in [7, 11) is 0. The van der Waals surface area contributed by atoms with E-state index in [0.29, 0.717) is 18.0 Å². The second-order valence-electron chi connectivity index (χ2n) is 5.27. The Hall–Kier alpha value is -2.20. The summed E-state index contributed by atoms with van der Waals surface area (Å²) in [5.41, 5.74) is 3.09. The lowest BCUT2D eigenvalue weighted by Gasteiger charge is -2.23. The largest absolute Gasteiger partial charge is 0.454 e. The third-order valence-corrected chi connectivity index (χ3v) is 4.14. The van der Waals surface area contributed by atoms with Crippen molar-refractivity contribution < 1.29 is 14.3 Å². The molecule has 0 bridgehead atoms. The Morgan fingerprint density at radius 2 is 1.87 bits per heavy atom. The third kappa shape index (κ3) is 3.27. The van der Waals surface area contributed by atoms with Crippen LogP contribution < -0.4 is 14.4 Å². The maximum atomic E-state index is 12.3. The zero-order chi connectivity index (χ0) is 16.2. The van der Waals surface area contributed by atoms with Gasteiger partial charge in [0.15, 0.2) is 11.5 Å². The smallest absolute Gasteiger partial charge is 0.242 e. The number of halogens is 1. The van der Waals surface area contributed by atoms with E-state index in [1.165, 1.54) is 5.56 Å². The zero-order valence-electron chi connectivity index (χ0n) is 12.9. The molecule has 0 fully saturated rings. The topological polar surface area (TPSA) is 38.8 Å². The van der Waals surface area contributed by atoms with E-state index in [0.717, 1.165) is 17.7 Å². The third-order valence-electron chi connectivity index (χ3n) is 3.91. The van der Waals surface area contributed by atoms with Crippen LogP contribution in [0.2, 0.25) is 0 Å². The average Bonchev–Trinajstić information content (AvgIpc) is 3.07. The molecule has 0 saturated heterocycles. The van der Waals surface area contributed by atoms with Gasteiger partial charge >= 0.3 is 0 Å². The van der Waals surface area contributed by atoms with Crippen molar-refractivity contribution in [2.45, 2.75) is 19.9 Å². The Bertz CT molecular complexity index is 717. The standard InChI is InChI=1S/C18H18ClNO3/c1-2-13-5-3-4-6-14(13)11-20(18(21)10-19)15-7-8-16-17(9-15)23-12-22-16/h3-9H,2,10-12H2,1H3. The van der Waals surface area contributed by atoms with E-state index >= 15 is 0 Å². The Morgan fingerprint density at radius 3 is 2.61 bits per heavy atom. The van der Waals surface area contributed by atoms with Gasteiger partial charge in [0.2, 0.25) is 12.7 Å². The van der Waals surface area contributed by atoms with Crippen LogP contribution in [0, 0.1) is 0 Å². The van der Waals surface area contributed by atoms with Gasteiger partial charge in [0.05, 0.1) is 6.54 Å². The lowest BCUT2D eigenvalue weighted by atomic mass is 10.0. The number of fused-ring (bicyclic) bond motifs is 1. The highest BCUT2D eigenvalue weighted by molar-refractivity contribution is 6.29. The van der Waals surface area contributed by atoms with Crippen LogP contribution in [0.15, 0.2) is 42.5 Å². The normalized spacial score (nSPS) is 12.3. The molecule has 1 amide bonds. The number of carbonyl (C=O) groups excluding carboxylic acids is 1. The summed E-state index contributed by atoms with van der Waals surface area (Å²) in [6.07, 6.45) is 0.917. The fourth-order valence-corrected chi connectivity index (χ4v) is 2.82. The fraction of sp³-hybridized carbons (Fsp3) is 0.278. The number of carbonyl (C=O) groups is 1. The van der Waals surface area contributed by atoms with Gasteiger partial charge in [0.25, 0.3) is 0 Å². The van der Waals surface area contributed by atoms with Crippen molar-refractivity contribution >= 4 is 23.2 Å². The number of hydrogen-bond donors (Lipinski definition) is 0. The molecule has 0 N–H and O–H groups in total. The van der Waals surface area contributed by atoms with Gasteiger partial charge < -0.3 is 14.4 Å². The molecule has 0 aromatic heterocycles. The number of rotatable bonds is 5. The van der Waals surface area contributed by atoms with Crippen LogP contribution in [0.1, 0.15) is 18.1 Å². The van der Waals surface area contributed by atoms with Crippen LogP contribution in [0.5, 0.6) is 11.5 Å². The van der Waals surface area contributed by atoms with Gasteiger partial charge in [-0.05, 0) is 29.7 Å². The predicted molar refractivity (Wildman–Crippen MR) is 90.3 cm³/mol. The molecule has 1 heterocycles. The quantitative estimate of drug-likeness (QED) is 0.783. The van der Waals surface area contributed by atoms with E-state index in [2.05, 4.69) is 13.0 Å². The molecule has 120 valence electrons. The second-order valence-corrected chi connectivity index (χ2v) is 5.54. The second kappa shape index (κ2) is 6.92. The lowest BCUT2D eigenvalue weighted by molar-refractivity contribution is -0.116. The first-order valence-corrected chi connectivity index (χ1v) is 8.09. The molecule has 0 atom stereocenters. The van der Waals surface area contributed by atoms with Crippen molar-refractivity contribution in [2.24, 2.45) is 0 Å². The monoisotopic (exact) mass is 331 g/mol. The molecule has 23 heavy (non-hydrogen) atoms. The van der Waals surface area contributed by atoms with Gasteiger partial charge in [-0.2, -0.15) is 0 Å². The highest BCUT2D eigenvalue weighted by atomic mass is 35.5. The summed E-state index contributed by atoms with van der Waals surface area (Å²) in [5, 5.41) is 0. The Kier molecular flexibility index (Phi) is 4.72. The highest BCUT2D eigenvalue weighted by Gasteiger charge is 2.20. The summed E-state index contributed by atoms with van der Waals surface area (Å²) >= 11 is 5.81. The minimum absolute atomic E-state index is 0.0667. The molecule has 2 aromatic carbocycles. The summed E-state index contributed by atoms with van der Waals surface area (Å²) < 4.78 is 10.7. The minimum atomic E-state index is -0.142. The molecular weight excluding hydrogens is 314 g/mol. The number of benzene rings is 2. The van der Waals surface area contributed by atoms with Gasteiger partial charge in [-0.3, -0.25) is 4.79 Å². The molecule has 0 unspecified atom stereocenters. The maximum absolute atomic E-state index is 12.3. The predicted octanol–water partition coefficient (Wildman–Crippen LogP) is 3.75. The van der Waals surface area contributed by atoms with Gasteiger partial charge in [-0.15, -0.1) is 11.6 Å². The fourth-order valence-electron chi connectivity index (χ4n) is 2.68. The summed E-state index contributed by atoms with van der Waals surface area (Å²) in [4.78, 5) is 14.0. The molecule has 4 nitrogen and oxygen atoms in total. The summed E-state index contributed by atoms with van der Waals surface area (Å²) in [5.74, 6) is 1.14. The van der Waals surface area contributed by atoms with E-state index in [9.17, 15) is 4.79 Å². The van der Waals surface area contributed by atoms with Crippen molar-refractivity contribution in [3.05, 3.63) is 53.6 Å². The lowest BCUT2D eigenvalue weighted by Crippen LogP contribution is -2.31. The molecule has 2 aromatic rings. The maximum Gasteiger partial charge on any atom is 0.242 e. The molecule has 3 rings (SSSR count). The van der Waals surface area contributed by atoms with Crippen molar-refractivity contribution in [3.63, 3.8) is 0 Å². The number of amides is 1. The molecular formula is C18H18ClNO3. The van der Waals surface area contributed by atoms with Crippen LogP contribution in [-0.2, 0) is 17.8 Å². The molecule has 0 saturated carbocycles. The van der Waals surface area contributed by atoms with Crippen LogP contribution in [0.4, 0.5) is 5.69 Å². The van der Waals surface area contributed by atoms with Gasteiger partial charge in [0, 0.05) is 11.8 Å². The first-order valence-electron chi connectivity index (χ1n) is 7.55. The number of aryl methyl sites for hydroxylation is 1. The van der Waals surface area contributed by atoms with E-state index in [-0.39, 0.29) is 18.6 Å². The molecule has 1 aliphatic heterocycles. The van der Waals surface area contributed by atoms with Gasteiger partial charge in [-0.25, -0.2) is 0 Å². The Labute approximate surface area is 140 Å². The van der Waals surface area contributed by atoms with Gasteiger partial charge in [-0.1, -0.05) is 31.2 Å². The number of ether oxygens (including phenoxy) is 2. The SMILES string of the molecule is CCc1ccccc1CN(C(=O)CCl)c1ccc2c(c1)OCO2. The average molecular weight is 332 g/mol. The highest BCUT2D eigenvalue weighted by Crippen LogP contribution is 2.36. The Balaban J connectivity index is 1.93. The van der Waals surface area contributed by atoms with Crippen molar-refractivity contribution in [3.8, 4) is 11.5 Å². The van der Waals surface area contributed by atoms with Crippen LogP contribution in [-0.4, -0.2) is 18.6 Å². The van der Waals surface area contributed by atoms with E-state index < -0.39 is 0 Å². The van der Waals surface area contributed by atoms with Crippen molar-refractivity contribution in [1.29, 1.82) is 0 Å². The molecule has 1 aliphatic rings. The van der Waals surface area contributed by atoms with Crippen molar-refractivity contribution in [1.82, 2.24) is 0 Å². The van der Waals surface area contributed by atoms with Crippen LogP contribution >= 0.6 is 11.6 Å². The summed E-state index contributed by atoms with van der Waals surface area (Å²) in [6.45, 7) is 2.79. The number of nitrogens with zero attached hydrogens (tertiary/aromatic N) is 1. The summed E-state index contributed by atoms with van der Waals surface area (Å²) in [6, 6.07) is 13.6. The number of hydrogen-bond acceptors (Lipinski definition) is 3. The number of alkyl halides is 1. The minimum Gasteiger partial charge on any atom is -0.454 e. The molecule has 5 heteroatoms. The molecule has 0 radical (unpaired) electrons. The van der Waals surface area contributed by atoms with Crippen LogP contribution in [0.3, 0.4) is 0 Å². The van der Waals surface area contributed by atoms with Crippen LogP contribution in [0.25, 0.3) is 0 Å². The van der Waals surface area contributed by atoms with E-state index in [4.69, 9.17) is 21.1 Å². The molecule has 0 aliphatic carbocycles. The Morgan fingerprint density at radius 1 is 1.13 bits per heavy atom. The van der Waals surface area contributed by atoms with Crippen molar-refractivity contribution in [2.75, 3.05) is 17.6 Å². The van der Waals surface area contributed by atoms with Gasteiger partial charge in [0.1, 0.15) is 5.88 Å². The zero-order valence-corrected chi connectivity index (χ0v) is 13.7.